The van der Waals surface area contributed by atoms with Gasteiger partial charge in [-0.25, -0.2) is 0 Å². The third-order valence-corrected chi connectivity index (χ3v) is 6.54. The van der Waals surface area contributed by atoms with Gasteiger partial charge in [-0.15, -0.1) is 0 Å². The summed E-state index contributed by atoms with van der Waals surface area (Å²) in [5, 5.41) is 16.9. The predicted octanol–water partition coefficient (Wildman–Crippen LogP) is 4.76. The molecule has 2 aliphatic rings. The lowest BCUT2D eigenvalue weighted by Gasteiger charge is -2.35. The molecule has 2 aromatic rings. The van der Waals surface area contributed by atoms with Crippen molar-refractivity contribution in [2.45, 2.75) is 44.4 Å². The van der Waals surface area contributed by atoms with Gasteiger partial charge in [0.2, 0.25) is 6.35 Å². The maximum absolute atomic E-state index is 12.7. The summed E-state index contributed by atoms with van der Waals surface area (Å²) in [7, 11) is 0. The predicted molar refractivity (Wildman–Crippen MR) is 116 cm³/mol. The molecular formula is C23H24Cl2N2O2. The summed E-state index contributed by atoms with van der Waals surface area (Å²) >= 11 is 12.5. The van der Waals surface area contributed by atoms with Crippen molar-refractivity contribution >= 4 is 29.1 Å². The monoisotopic (exact) mass is 430 g/mol. The van der Waals surface area contributed by atoms with Crippen molar-refractivity contribution in [1.82, 2.24) is 10.6 Å². The van der Waals surface area contributed by atoms with Crippen molar-refractivity contribution in [1.29, 1.82) is 0 Å². The highest BCUT2D eigenvalue weighted by Crippen LogP contribution is 2.39. The van der Waals surface area contributed by atoms with Crippen LogP contribution >= 0.6 is 23.2 Å². The molecule has 4 rings (SSSR count). The largest absolute Gasteiger partial charge is 0.356 e. The van der Waals surface area contributed by atoms with Crippen LogP contribution in [0.2, 0.25) is 10.0 Å². The highest BCUT2D eigenvalue weighted by Gasteiger charge is 2.32. The highest BCUT2D eigenvalue weighted by atomic mass is 35.5. The summed E-state index contributed by atoms with van der Waals surface area (Å²) in [5.74, 6) is 0.498. The number of hydrogen-bond acceptors (Lipinski definition) is 3. The molecule has 1 heterocycles. The molecule has 2 aromatic carbocycles. The molecule has 3 N–H and O–H groups in total. The Hall–Kier alpha value is -2.01. The summed E-state index contributed by atoms with van der Waals surface area (Å²) in [4.78, 5) is 12.7. The van der Waals surface area contributed by atoms with Crippen LogP contribution in [0.3, 0.4) is 0 Å². The van der Waals surface area contributed by atoms with E-state index >= 15 is 0 Å². The fourth-order valence-corrected chi connectivity index (χ4v) is 4.83. The minimum Gasteiger partial charge on any atom is -0.356 e. The Morgan fingerprint density at radius 2 is 1.62 bits per heavy atom. The third-order valence-electron chi connectivity index (χ3n) is 5.94. The molecule has 0 aromatic heterocycles. The Labute approximate surface area is 180 Å². The second-order valence-corrected chi connectivity index (χ2v) is 8.63. The van der Waals surface area contributed by atoms with Gasteiger partial charge < -0.3 is 15.7 Å². The van der Waals surface area contributed by atoms with Crippen LogP contribution in [0.25, 0.3) is 0 Å². The Balaban J connectivity index is 1.57. The number of allylic oxidation sites excluding steroid dienone is 1. The number of nitrogens with one attached hydrogen (secondary N) is 2. The lowest BCUT2D eigenvalue weighted by molar-refractivity contribution is -0.122. The van der Waals surface area contributed by atoms with Gasteiger partial charge in [0.15, 0.2) is 0 Å². The number of carbonyl (C=O) groups is 1. The molecule has 29 heavy (non-hydrogen) atoms. The average molecular weight is 431 g/mol. The average Bonchev–Trinajstić information content (AvgIpc) is 2.73. The molecule has 1 fully saturated rings. The summed E-state index contributed by atoms with van der Waals surface area (Å²) in [6.45, 7) is 0. The fraction of sp³-hybridized carbons (Fsp3) is 0.348. The first-order valence-corrected chi connectivity index (χ1v) is 10.7. The van der Waals surface area contributed by atoms with Crippen LogP contribution in [0.1, 0.15) is 42.7 Å². The van der Waals surface area contributed by atoms with Gasteiger partial charge in [-0.3, -0.25) is 4.79 Å². The Morgan fingerprint density at radius 3 is 2.34 bits per heavy atom. The van der Waals surface area contributed by atoms with Crippen LogP contribution < -0.4 is 10.6 Å². The lowest BCUT2D eigenvalue weighted by Crippen LogP contribution is -2.52. The van der Waals surface area contributed by atoms with Crippen molar-refractivity contribution in [2.24, 2.45) is 5.92 Å². The van der Waals surface area contributed by atoms with E-state index in [1.807, 2.05) is 6.07 Å². The van der Waals surface area contributed by atoms with Crippen molar-refractivity contribution < 1.29 is 9.90 Å². The lowest BCUT2D eigenvalue weighted by atomic mass is 9.76. The van der Waals surface area contributed by atoms with E-state index in [4.69, 9.17) is 23.2 Å². The number of amides is 1. The Kier molecular flexibility index (Phi) is 6.14. The standard InChI is InChI=1S/C23H24Cl2N2O2/c24-18-10-11-20(25)17(12-18)13-19-21(26-23(29)27-22(19)28)16-8-6-15(7-9-16)14-4-2-1-3-5-14/h1-5,10-12,15-16,23,26,29H,6-9,13H2,(H,27,28)/t15-,16-,23?. The van der Waals surface area contributed by atoms with E-state index < -0.39 is 6.35 Å². The molecule has 0 radical (unpaired) electrons. The smallest absolute Gasteiger partial charge is 0.252 e. The maximum Gasteiger partial charge on any atom is 0.252 e. The van der Waals surface area contributed by atoms with Crippen LogP contribution in [0.15, 0.2) is 59.8 Å². The van der Waals surface area contributed by atoms with E-state index in [9.17, 15) is 9.90 Å². The molecular weight excluding hydrogens is 407 g/mol. The van der Waals surface area contributed by atoms with Gasteiger partial charge in [-0.1, -0.05) is 53.5 Å². The molecule has 1 saturated carbocycles. The number of aliphatic hydroxyl groups is 1. The second-order valence-electron chi connectivity index (χ2n) is 7.78. The zero-order valence-corrected chi connectivity index (χ0v) is 17.5. The molecule has 0 bridgehead atoms. The zero-order chi connectivity index (χ0) is 20.4. The van der Waals surface area contributed by atoms with Gasteiger partial charge in [0.1, 0.15) is 0 Å². The van der Waals surface area contributed by atoms with Crippen molar-refractivity contribution in [3.05, 3.63) is 81.0 Å². The first-order chi connectivity index (χ1) is 14.0. The summed E-state index contributed by atoms with van der Waals surface area (Å²) in [5.41, 5.74) is 3.64. The molecule has 1 amide bonds. The van der Waals surface area contributed by atoms with E-state index in [-0.39, 0.29) is 11.8 Å². The van der Waals surface area contributed by atoms with E-state index in [1.165, 1.54) is 5.56 Å². The first-order valence-electron chi connectivity index (χ1n) is 9.98. The van der Waals surface area contributed by atoms with E-state index in [1.54, 1.807) is 18.2 Å². The second kappa shape index (κ2) is 8.78. The van der Waals surface area contributed by atoms with Crippen LogP contribution in [-0.2, 0) is 11.2 Å². The molecule has 1 atom stereocenters. The normalized spacial score (nSPS) is 24.8. The van der Waals surface area contributed by atoms with E-state index in [0.717, 1.165) is 36.9 Å². The fourth-order valence-electron chi connectivity index (χ4n) is 4.45. The summed E-state index contributed by atoms with van der Waals surface area (Å²) in [6.07, 6.45) is 3.36. The number of aliphatic hydroxyl groups excluding tert-OH is 1. The number of carbonyl (C=O) groups excluding carboxylic acids is 1. The van der Waals surface area contributed by atoms with Crippen molar-refractivity contribution in [3.8, 4) is 0 Å². The van der Waals surface area contributed by atoms with Gasteiger partial charge in [-0.05, 0) is 66.8 Å². The topological polar surface area (TPSA) is 61.4 Å². The minimum atomic E-state index is -1.07. The summed E-state index contributed by atoms with van der Waals surface area (Å²) in [6, 6.07) is 15.8. The minimum absolute atomic E-state index is 0.212. The number of rotatable bonds is 4. The van der Waals surface area contributed by atoms with Gasteiger partial charge in [0, 0.05) is 27.7 Å². The van der Waals surface area contributed by atoms with Crippen molar-refractivity contribution in [2.75, 3.05) is 0 Å². The van der Waals surface area contributed by atoms with Crippen LogP contribution in [-0.4, -0.2) is 17.4 Å². The quantitative estimate of drug-likeness (QED) is 0.654. The van der Waals surface area contributed by atoms with E-state index in [0.29, 0.717) is 28.0 Å². The highest BCUT2D eigenvalue weighted by molar-refractivity contribution is 6.33. The molecule has 1 aliphatic heterocycles. The number of halogens is 2. The zero-order valence-electron chi connectivity index (χ0n) is 16.0. The molecule has 1 unspecified atom stereocenters. The van der Waals surface area contributed by atoms with Gasteiger partial charge >= 0.3 is 0 Å². The maximum atomic E-state index is 12.7. The third kappa shape index (κ3) is 4.61. The van der Waals surface area contributed by atoms with Crippen LogP contribution in [0.4, 0.5) is 0 Å². The van der Waals surface area contributed by atoms with Crippen molar-refractivity contribution in [3.63, 3.8) is 0 Å². The SMILES string of the molecule is O=C1NC(O)NC([C@H]2CC[C@H](c3ccccc3)CC2)=C1Cc1cc(Cl)ccc1Cl. The summed E-state index contributed by atoms with van der Waals surface area (Å²) < 4.78 is 0. The first kappa shape index (κ1) is 20.3. The van der Waals surface area contributed by atoms with Gasteiger partial charge in [0.25, 0.3) is 5.91 Å². The Bertz CT molecular complexity index is 922. The molecule has 152 valence electrons. The van der Waals surface area contributed by atoms with Gasteiger partial charge in [-0.2, -0.15) is 0 Å². The van der Waals surface area contributed by atoms with Gasteiger partial charge in [0.05, 0.1) is 0 Å². The van der Waals surface area contributed by atoms with Crippen LogP contribution in [0, 0.1) is 5.92 Å². The number of benzene rings is 2. The molecule has 1 aliphatic carbocycles. The molecule has 0 spiro atoms. The molecule has 6 heteroatoms. The molecule has 0 saturated heterocycles. The number of hydrogen-bond donors (Lipinski definition) is 3. The Morgan fingerprint density at radius 1 is 0.931 bits per heavy atom. The molecule has 4 nitrogen and oxygen atoms in total. The van der Waals surface area contributed by atoms with Crippen LogP contribution in [0.5, 0.6) is 0 Å². The van der Waals surface area contributed by atoms with E-state index in [2.05, 4.69) is 34.9 Å².